The first-order valence-corrected chi connectivity index (χ1v) is 10.9. The van der Waals surface area contributed by atoms with Gasteiger partial charge in [-0.1, -0.05) is 26.0 Å². The van der Waals surface area contributed by atoms with Crippen molar-refractivity contribution in [2.45, 2.75) is 39.0 Å². The Hall–Kier alpha value is -2.34. The van der Waals surface area contributed by atoms with Crippen LogP contribution in [0.3, 0.4) is 0 Å². The van der Waals surface area contributed by atoms with Crippen molar-refractivity contribution in [1.29, 1.82) is 0 Å². The minimum Gasteiger partial charge on any atom is -0.483 e. The number of carbonyl (C=O) groups excluding carboxylic acids is 2. The van der Waals surface area contributed by atoms with Crippen molar-refractivity contribution in [1.82, 2.24) is 4.90 Å². The zero-order valence-electron chi connectivity index (χ0n) is 16.9. The SMILES string of the molecule is CCC(C)c1ccc(OCC(=O)Nc2cccc(C(=O)N3CCCC3)c2)c(Br)c1. The molecule has 1 saturated heterocycles. The maximum Gasteiger partial charge on any atom is 0.262 e. The molecule has 0 spiro atoms. The molecule has 2 amide bonds. The molecule has 0 aromatic heterocycles. The molecule has 1 heterocycles. The van der Waals surface area contributed by atoms with Crippen LogP contribution >= 0.6 is 15.9 Å². The van der Waals surface area contributed by atoms with Gasteiger partial charge >= 0.3 is 0 Å². The Morgan fingerprint density at radius 1 is 1.17 bits per heavy atom. The fraction of sp³-hybridized carbons (Fsp3) is 0.391. The zero-order valence-corrected chi connectivity index (χ0v) is 18.5. The highest BCUT2D eigenvalue weighted by molar-refractivity contribution is 9.10. The number of hydrogen-bond acceptors (Lipinski definition) is 3. The van der Waals surface area contributed by atoms with Gasteiger partial charge in [-0.15, -0.1) is 0 Å². The Balaban J connectivity index is 1.57. The Bertz CT molecular complexity index is 878. The molecule has 1 aliphatic rings. The van der Waals surface area contributed by atoms with Gasteiger partial charge in [0.25, 0.3) is 11.8 Å². The second-order valence-corrected chi connectivity index (χ2v) is 8.27. The Labute approximate surface area is 180 Å². The van der Waals surface area contributed by atoms with Crippen LogP contribution in [0.4, 0.5) is 5.69 Å². The van der Waals surface area contributed by atoms with Gasteiger partial charge < -0.3 is 15.0 Å². The molecule has 2 aromatic carbocycles. The van der Waals surface area contributed by atoms with Gasteiger partial charge in [-0.25, -0.2) is 0 Å². The number of carbonyl (C=O) groups is 2. The first-order chi connectivity index (χ1) is 14.0. The average molecular weight is 459 g/mol. The lowest BCUT2D eigenvalue weighted by Gasteiger charge is -2.16. The van der Waals surface area contributed by atoms with Gasteiger partial charge in [0, 0.05) is 24.3 Å². The first kappa shape index (κ1) is 21.4. The first-order valence-electron chi connectivity index (χ1n) is 10.1. The van der Waals surface area contributed by atoms with Crippen molar-refractivity contribution in [3.8, 4) is 5.75 Å². The van der Waals surface area contributed by atoms with Gasteiger partial charge in [0.2, 0.25) is 0 Å². The highest BCUT2D eigenvalue weighted by Gasteiger charge is 2.19. The zero-order chi connectivity index (χ0) is 20.8. The number of anilines is 1. The summed E-state index contributed by atoms with van der Waals surface area (Å²) >= 11 is 3.52. The molecule has 5 nitrogen and oxygen atoms in total. The van der Waals surface area contributed by atoms with E-state index in [-0.39, 0.29) is 18.4 Å². The van der Waals surface area contributed by atoms with Crippen molar-refractivity contribution in [3.05, 3.63) is 58.1 Å². The quantitative estimate of drug-likeness (QED) is 0.618. The third-order valence-corrected chi connectivity index (χ3v) is 5.90. The van der Waals surface area contributed by atoms with E-state index in [1.165, 1.54) is 5.56 Å². The lowest BCUT2D eigenvalue weighted by molar-refractivity contribution is -0.118. The van der Waals surface area contributed by atoms with Crippen LogP contribution < -0.4 is 10.1 Å². The molecule has 154 valence electrons. The molecule has 0 aliphatic carbocycles. The van der Waals surface area contributed by atoms with Crippen LogP contribution in [0.15, 0.2) is 46.9 Å². The number of hydrogen-bond donors (Lipinski definition) is 1. The van der Waals surface area contributed by atoms with Gasteiger partial charge in [0.1, 0.15) is 5.75 Å². The summed E-state index contributed by atoms with van der Waals surface area (Å²) in [4.78, 5) is 26.7. The molecule has 0 saturated carbocycles. The van der Waals surface area contributed by atoms with Crippen molar-refractivity contribution in [3.63, 3.8) is 0 Å². The van der Waals surface area contributed by atoms with Gasteiger partial charge in [-0.2, -0.15) is 0 Å². The largest absolute Gasteiger partial charge is 0.483 e. The molecule has 1 N–H and O–H groups in total. The third kappa shape index (κ3) is 5.60. The topological polar surface area (TPSA) is 58.6 Å². The number of nitrogens with one attached hydrogen (secondary N) is 1. The number of amides is 2. The van der Waals surface area contributed by atoms with Crippen LogP contribution in [0.25, 0.3) is 0 Å². The number of benzene rings is 2. The van der Waals surface area contributed by atoms with E-state index >= 15 is 0 Å². The van der Waals surface area contributed by atoms with Crippen LogP contribution in [0.5, 0.6) is 5.75 Å². The van der Waals surface area contributed by atoms with Crippen molar-refractivity contribution in [2.75, 3.05) is 25.0 Å². The Kier molecular flexibility index (Phi) is 7.31. The molecule has 0 radical (unpaired) electrons. The minimum absolute atomic E-state index is 0.0141. The van der Waals surface area contributed by atoms with Crippen molar-refractivity contribution >= 4 is 33.4 Å². The molecule has 3 rings (SSSR count). The lowest BCUT2D eigenvalue weighted by Crippen LogP contribution is -2.27. The maximum absolute atomic E-state index is 12.5. The van der Waals surface area contributed by atoms with Crippen molar-refractivity contribution in [2.24, 2.45) is 0 Å². The smallest absolute Gasteiger partial charge is 0.262 e. The molecule has 1 unspecified atom stereocenters. The van der Waals surface area contributed by atoms with Gasteiger partial charge in [-0.05, 0) is 77.0 Å². The van der Waals surface area contributed by atoms with Crippen LogP contribution in [0, 0.1) is 0 Å². The molecular weight excluding hydrogens is 432 g/mol. The van der Waals surface area contributed by atoms with Crippen molar-refractivity contribution < 1.29 is 14.3 Å². The summed E-state index contributed by atoms with van der Waals surface area (Å²) in [6, 6.07) is 13.0. The van der Waals surface area contributed by atoms with Gasteiger partial charge in [0.15, 0.2) is 6.61 Å². The summed E-state index contributed by atoms with van der Waals surface area (Å²) in [5.74, 6) is 0.846. The average Bonchev–Trinajstić information content (AvgIpc) is 3.26. The molecule has 1 atom stereocenters. The van der Waals surface area contributed by atoms with Crippen LogP contribution in [-0.4, -0.2) is 36.4 Å². The molecular formula is C23H27BrN2O3. The van der Waals surface area contributed by atoms with Gasteiger partial charge in [-0.3, -0.25) is 9.59 Å². The second-order valence-electron chi connectivity index (χ2n) is 7.42. The molecule has 2 aromatic rings. The molecule has 0 bridgehead atoms. The standard InChI is InChI=1S/C23H27BrN2O3/c1-3-16(2)17-9-10-21(20(24)14-17)29-15-22(27)25-19-8-6-7-18(13-19)23(28)26-11-4-5-12-26/h6-10,13-14,16H,3-5,11-12,15H2,1-2H3,(H,25,27). The molecule has 1 aliphatic heterocycles. The van der Waals surface area contributed by atoms with E-state index in [9.17, 15) is 9.59 Å². The number of halogens is 1. The van der Waals surface area contributed by atoms with E-state index in [0.717, 1.165) is 36.8 Å². The lowest BCUT2D eigenvalue weighted by atomic mass is 9.99. The Morgan fingerprint density at radius 3 is 2.62 bits per heavy atom. The number of likely N-dealkylation sites (tertiary alicyclic amines) is 1. The monoisotopic (exact) mass is 458 g/mol. The third-order valence-electron chi connectivity index (χ3n) is 5.28. The van der Waals surface area contributed by atoms with E-state index < -0.39 is 0 Å². The summed E-state index contributed by atoms with van der Waals surface area (Å²) in [5.41, 5.74) is 2.42. The second kappa shape index (κ2) is 9.92. The highest BCUT2D eigenvalue weighted by Crippen LogP contribution is 2.30. The maximum atomic E-state index is 12.5. The summed E-state index contributed by atoms with van der Waals surface area (Å²) in [6.45, 7) is 5.83. The van der Waals surface area contributed by atoms with Crippen LogP contribution in [-0.2, 0) is 4.79 Å². The fourth-order valence-electron chi connectivity index (χ4n) is 3.35. The normalized spacial score (nSPS) is 14.5. The number of rotatable bonds is 7. The number of ether oxygens (including phenoxy) is 1. The van der Waals surface area contributed by atoms with Crippen LogP contribution in [0.2, 0.25) is 0 Å². The van der Waals surface area contributed by atoms with E-state index in [2.05, 4.69) is 35.1 Å². The van der Waals surface area contributed by atoms with E-state index in [0.29, 0.717) is 22.9 Å². The predicted molar refractivity (Wildman–Crippen MR) is 119 cm³/mol. The number of nitrogens with zero attached hydrogens (tertiary/aromatic N) is 1. The summed E-state index contributed by atoms with van der Waals surface area (Å²) in [5, 5.41) is 2.81. The summed E-state index contributed by atoms with van der Waals surface area (Å²) in [6.07, 6.45) is 3.16. The molecule has 6 heteroatoms. The highest BCUT2D eigenvalue weighted by atomic mass is 79.9. The minimum atomic E-state index is -0.270. The van der Waals surface area contributed by atoms with E-state index in [1.54, 1.807) is 24.3 Å². The van der Waals surface area contributed by atoms with E-state index in [4.69, 9.17) is 4.74 Å². The fourth-order valence-corrected chi connectivity index (χ4v) is 3.86. The van der Waals surface area contributed by atoms with Gasteiger partial charge in [0.05, 0.1) is 4.47 Å². The molecule has 29 heavy (non-hydrogen) atoms. The predicted octanol–water partition coefficient (Wildman–Crippen LogP) is 5.22. The van der Waals surface area contributed by atoms with Crippen LogP contribution in [0.1, 0.15) is 54.9 Å². The van der Waals surface area contributed by atoms with E-state index in [1.807, 2.05) is 23.1 Å². The Morgan fingerprint density at radius 2 is 1.93 bits per heavy atom. The molecule has 1 fully saturated rings. The summed E-state index contributed by atoms with van der Waals surface area (Å²) in [7, 11) is 0. The summed E-state index contributed by atoms with van der Waals surface area (Å²) < 4.78 is 6.50.